The van der Waals surface area contributed by atoms with E-state index in [0.717, 1.165) is 5.56 Å². The van der Waals surface area contributed by atoms with Crippen LogP contribution in [0.15, 0.2) is 24.3 Å². The van der Waals surface area contributed by atoms with Crippen LogP contribution in [0.2, 0.25) is 0 Å². The molecule has 2 rings (SSSR count). The highest BCUT2D eigenvalue weighted by Gasteiger charge is 2.43. The Hall–Kier alpha value is -1.62. The van der Waals surface area contributed by atoms with E-state index in [0.29, 0.717) is 10.9 Å². The molecule has 0 aliphatic carbocycles. The van der Waals surface area contributed by atoms with Gasteiger partial charge in [0.25, 0.3) is 5.91 Å². The van der Waals surface area contributed by atoms with E-state index < -0.39 is 5.54 Å². The van der Waals surface area contributed by atoms with Crippen LogP contribution in [0.1, 0.15) is 12.5 Å². The zero-order valence-electron chi connectivity index (χ0n) is 9.03. The lowest BCUT2D eigenvalue weighted by atomic mass is 9.91. The maximum atomic E-state index is 11.9. The topological polar surface area (TPSA) is 50.4 Å². The Morgan fingerprint density at radius 3 is 2.62 bits per heavy atom. The van der Waals surface area contributed by atoms with Crippen molar-refractivity contribution in [2.75, 3.05) is 7.11 Å². The smallest absolute Gasteiger partial charge is 0.256 e. The van der Waals surface area contributed by atoms with Crippen LogP contribution in [-0.2, 0) is 10.3 Å². The molecule has 1 aliphatic heterocycles. The second-order valence-electron chi connectivity index (χ2n) is 3.73. The molecule has 4 nitrogen and oxygen atoms in total. The Balaban J connectivity index is 2.51. The number of hydrogen-bond donors (Lipinski definition) is 2. The maximum absolute atomic E-state index is 11.9. The minimum atomic E-state index is -0.857. The number of para-hydroxylation sites is 1. The molecule has 1 aromatic rings. The van der Waals surface area contributed by atoms with E-state index in [2.05, 4.69) is 10.6 Å². The van der Waals surface area contributed by atoms with Crippen molar-refractivity contribution >= 4 is 23.2 Å². The Morgan fingerprint density at radius 1 is 1.38 bits per heavy atom. The van der Waals surface area contributed by atoms with E-state index in [9.17, 15) is 4.79 Å². The summed E-state index contributed by atoms with van der Waals surface area (Å²) in [6.07, 6.45) is 0. The maximum Gasteiger partial charge on any atom is 0.256 e. The lowest BCUT2D eigenvalue weighted by Gasteiger charge is -2.23. The summed E-state index contributed by atoms with van der Waals surface area (Å²) in [5.41, 5.74) is -0.0844. The zero-order valence-corrected chi connectivity index (χ0v) is 9.85. The number of methoxy groups -OCH3 is 1. The third-order valence-electron chi connectivity index (χ3n) is 2.69. The first-order valence-electron chi connectivity index (χ1n) is 4.85. The van der Waals surface area contributed by atoms with Gasteiger partial charge in [0.15, 0.2) is 5.11 Å². The van der Waals surface area contributed by atoms with E-state index in [-0.39, 0.29) is 5.91 Å². The van der Waals surface area contributed by atoms with E-state index in [4.69, 9.17) is 17.0 Å². The molecule has 1 atom stereocenters. The molecular weight excluding hydrogens is 224 g/mol. The second kappa shape index (κ2) is 3.75. The first-order valence-corrected chi connectivity index (χ1v) is 5.26. The van der Waals surface area contributed by atoms with Crippen LogP contribution in [0.3, 0.4) is 0 Å². The highest BCUT2D eigenvalue weighted by Crippen LogP contribution is 2.31. The molecule has 5 heteroatoms. The second-order valence-corrected chi connectivity index (χ2v) is 4.14. The van der Waals surface area contributed by atoms with Crippen LogP contribution in [0.4, 0.5) is 0 Å². The van der Waals surface area contributed by atoms with Crippen LogP contribution in [0.25, 0.3) is 0 Å². The van der Waals surface area contributed by atoms with Gasteiger partial charge in [0.05, 0.1) is 7.11 Å². The molecule has 0 saturated carbocycles. The van der Waals surface area contributed by atoms with Gasteiger partial charge in [-0.3, -0.25) is 4.79 Å². The molecule has 84 valence electrons. The van der Waals surface area contributed by atoms with Crippen molar-refractivity contribution < 1.29 is 9.53 Å². The van der Waals surface area contributed by atoms with Gasteiger partial charge in [-0.1, -0.05) is 18.2 Å². The minimum absolute atomic E-state index is 0.165. The van der Waals surface area contributed by atoms with Gasteiger partial charge in [0.2, 0.25) is 0 Å². The molecule has 16 heavy (non-hydrogen) atoms. The molecule has 1 aromatic carbocycles. The number of nitrogens with one attached hydrogen (secondary N) is 2. The molecule has 0 spiro atoms. The molecule has 0 bridgehead atoms. The highest BCUT2D eigenvalue weighted by molar-refractivity contribution is 7.80. The summed E-state index contributed by atoms with van der Waals surface area (Å²) in [5, 5.41) is 5.89. The fraction of sp³-hybridized carbons (Fsp3) is 0.273. The van der Waals surface area contributed by atoms with Crippen molar-refractivity contribution in [1.82, 2.24) is 10.6 Å². The summed E-state index contributed by atoms with van der Waals surface area (Å²) in [5.74, 6) is 0.499. The van der Waals surface area contributed by atoms with E-state index in [1.54, 1.807) is 14.0 Å². The number of ether oxygens (including phenoxy) is 1. The van der Waals surface area contributed by atoms with E-state index in [1.807, 2.05) is 24.3 Å². The van der Waals surface area contributed by atoms with Crippen LogP contribution < -0.4 is 15.4 Å². The molecule has 1 unspecified atom stereocenters. The molecule has 0 radical (unpaired) electrons. The van der Waals surface area contributed by atoms with Crippen molar-refractivity contribution in [1.29, 1.82) is 0 Å². The predicted molar refractivity (Wildman–Crippen MR) is 64.2 cm³/mol. The van der Waals surface area contributed by atoms with Gasteiger partial charge >= 0.3 is 0 Å². The molecule has 1 fully saturated rings. The largest absolute Gasteiger partial charge is 0.496 e. The summed E-state index contributed by atoms with van der Waals surface area (Å²) in [7, 11) is 1.58. The molecule has 0 aromatic heterocycles. The molecule has 1 saturated heterocycles. The number of benzene rings is 1. The van der Waals surface area contributed by atoms with Crippen LogP contribution in [0, 0.1) is 0 Å². The molecule has 2 N–H and O–H groups in total. The van der Waals surface area contributed by atoms with Crippen molar-refractivity contribution in [2.24, 2.45) is 0 Å². The number of carbonyl (C=O) groups excluding carboxylic acids is 1. The fourth-order valence-electron chi connectivity index (χ4n) is 1.79. The molecule has 1 heterocycles. The number of thiocarbonyl (C=S) groups is 1. The quantitative estimate of drug-likeness (QED) is 0.750. The summed E-state index contributed by atoms with van der Waals surface area (Å²) < 4.78 is 5.24. The fourth-order valence-corrected chi connectivity index (χ4v) is 2.09. The minimum Gasteiger partial charge on any atom is -0.496 e. The van der Waals surface area contributed by atoms with Crippen LogP contribution >= 0.6 is 12.2 Å². The first-order chi connectivity index (χ1) is 7.58. The standard InChI is InChI=1S/C11H12N2O2S/c1-11(9(14)12-10(16)13-11)7-5-3-4-6-8(7)15-2/h3-6H,1-2H3,(H2,12,13,14,16). The number of carbonyl (C=O) groups is 1. The van der Waals surface area contributed by atoms with E-state index in [1.165, 1.54) is 0 Å². The lowest BCUT2D eigenvalue weighted by molar-refractivity contribution is -0.123. The Kier molecular flexibility index (Phi) is 2.55. The number of rotatable bonds is 2. The highest BCUT2D eigenvalue weighted by atomic mass is 32.1. The predicted octanol–water partition coefficient (Wildman–Crippen LogP) is 0.915. The van der Waals surface area contributed by atoms with Gasteiger partial charge in [-0.2, -0.15) is 0 Å². The first kappa shape index (κ1) is 10.9. The van der Waals surface area contributed by atoms with Gasteiger partial charge in [-0.25, -0.2) is 0 Å². The summed E-state index contributed by atoms with van der Waals surface area (Å²) >= 11 is 4.94. The third-order valence-corrected chi connectivity index (χ3v) is 2.89. The molecule has 1 amide bonds. The number of hydrogen-bond acceptors (Lipinski definition) is 3. The molecular formula is C11H12N2O2S. The lowest BCUT2D eigenvalue weighted by Crippen LogP contribution is -2.40. The number of amides is 1. The van der Waals surface area contributed by atoms with Crippen molar-refractivity contribution in [2.45, 2.75) is 12.5 Å². The SMILES string of the molecule is COc1ccccc1C1(C)NC(=S)NC1=O. The Labute approximate surface area is 99.0 Å². The Bertz CT molecular complexity index is 461. The van der Waals surface area contributed by atoms with Gasteiger partial charge in [-0.05, 0) is 25.2 Å². The average Bonchev–Trinajstić information content (AvgIpc) is 2.53. The summed E-state index contributed by atoms with van der Waals surface area (Å²) in [4.78, 5) is 11.9. The van der Waals surface area contributed by atoms with Crippen LogP contribution in [-0.4, -0.2) is 18.1 Å². The average molecular weight is 236 g/mol. The van der Waals surface area contributed by atoms with Crippen molar-refractivity contribution in [3.05, 3.63) is 29.8 Å². The van der Waals surface area contributed by atoms with Gasteiger partial charge < -0.3 is 15.4 Å². The van der Waals surface area contributed by atoms with Crippen LogP contribution in [0.5, 0.6) is 5.75 Å². The third kappa shape index (κ3) is 1.53. The monoisotopic (exact) mass is 236 g/mol. The Morgan fingerprint density at radius 2 is 2.06 bits per heavy atom. The normalized spacial score (nSPS) is 23.9. The van der Waals surface area contributed by atoms with Crippen molar-refractivity contribution in [3.8, 4) is 5.75 Å². The van der Waals surface area contributed by atoms with E-state index >= 15 is 0 Å². The van der Waals surface area contributed by atoms with Gasteiger partial charge in [-0.15, -0.1) is 0 Å². The summed E-state index contributed by atoms with van der Waals surface area (Å²) in [6, 6.07) is 7.38. The van der Waals surface area contributed by atoms with Crippen molar-refractivity contribution in [3.63, 3.8) is 0 Å². The zero-order chi connectivity index (χ0) is 11.8. The summed E-state index contributed by atoms with van der Waals surface area (Å²) in [6.45, 7) is 1.78. The van der Waals surface area contributed by atoms with Gasteiger partial charge in [0.1, 0.15) is 11.3 Å². The molecule has 1 aliphatic rings. The van der Waals surface area contributed by atoms with Gasteiger partial charge in [0, 0.05) is 5.56 Å².